The highest BCUT2D eigenvalue weighted by atomic mass is 32.2. The third-order valence-corrected chi connectivity index (χ3v) is 6.88. The highest BCUT2D eigenvalue weighted by Gasteiger charge is 2.32. The van der Waals surface area contributed by atoms with Crippen LogP contribution >= 0.6 is 0 Å². The predicted octanol–water partition coefficient (Wildman–Crippen LogP) is 2.93. The Labute approximate surface area is 191 Å². The second-order valence-corrected chi connectivity index (χ2v) is 9.88. The van der Waals surface area contributed by atoms with Crippen LogP contribution in [-0.4, -0.2) is 51.0 Å². The molecule has 0 spiro atoms. The van der Waals surface area contributed by atoms with Gasteiger partial charge < -0.3 is 10.2 Å². The highest BCUT2D eigenvalue weighted by molar-refractivity contribution is 7.92. The molecule has 0 bridgehead atoms. The average Bonchev–Trinajstić information content (AvgIpc) is 2.74. The zero-order chi connectivity index (χ0) is 24.1. The molecule has 0 aromatic heterocycles. The van der Waals surface area contributed by atoms with E-state index in [1.54, 1.807) is 12.1 Å². The zero-order valence-electron chi connectivity index (χ0n) is 19.7. The summed E-state index contributed by atoms with van der Waals surface area (Å²) in [4.78, 5) is 27.6. The number of likely N-dealkylation sites (N-methyl/N-ethyl adjacent to an activating group) is 1. The van der Waals surface area contributed by atoms with Crippen LogP contribution in [0.25, 0.3) is 0 Å². The third-order valence-electron chi connectivity index (χ3n) is 5.76. The van der Waals surface area contributed by atoms with Gasteiger partial charge in [-0.05, 0) is 55.5 Å². The minimum absolute atomic E-state index is 0.210. The van der Waals surface area contributed by atoms with Crippen LogP contribution in [0.3, 0.4) is 0 Å². The van der Waals surface area contributed by atoms with Gasteiger partial charge in [0, 0.05) is 13.6 Å². The van der Waals surface area contributed by atoms with Gasteiger partial charge in [-0.1, -0.05) is 43.3 Å². The number of carbonyl (C=O) groups is 2. The number of benzene rings is 2. The molecule has 2 rings (SSSR count). The van der Waals surface area contributed by atoms with Crippen LogP contribution in [0, 0.1) is 20.8 Å². The average molecular weight is 460 g/mol. The first-order chi connectivity index (χ1) is 15.0. The van der Waals surface area contributed by atoms with E-state index in [2.05, 4.69) is 5.32 Å². The molecular weight excluding hydrogens is 426 g/mol. The molecule has 32 heavy (non-hydrogen) atoms. The van der Waals surface area contributed by atoms with E-state index in [1.807, 2.05) is 58.0 Å². The number of nitrogens with zero attached hydrogens (tertiary/aromatic N) is 2. The highest BCUT2D eigenvalue weighted by Crippen LogP contribution is 2.25. The number of hydrogen-bond acceptors (Lipinski definition) is 4. The van der Waals surface area contributed by atoms with Crippen molar-refractivity contribution in [3.8, 4) is 0 Å². The topological polar surface area (TPSA) is 86.8 Å². The molecule has 1 N–H and O–H groups in total. The van der Waals surface area contributed by atoms with E-state index < -0.39 is 22.0 Å². The van der Waals surface area contributed by atoms with Crippen molar-refractivity contribution in [3.05, 3.63) is 64.7 Å². The van der Waals surface area contributed by atoms with Crippen LogP contribution < -0.4 is 9.62 Å². The van der Waals surface area contributed by atoms with Gasteiger partial charge in [-0.15, -0.1) is 0 Å². The second-order valence-electron chi connectivity index (χ2n) is 7.98. The minimum atomic E-state index is -3.74. The van der Waals surface area contributed by atoms with Crippen molar-refractivity contribution in [3.63, 3.8) is 0 Å². The van der Waals surface area contributed by atoms with E-state index in [9.17, 15) is 18.0 Å². The van der Waals surface area contributed by atoms with E-state index in [4.69, 9.17) is 0 Å². The Morgan fingerprint density at radius 2 is 1.62 bits per heavy atom. The van der Waals surface area contributed by atoms with Crippen molar-refractivity contribution in [1.82, 2.24) is 10.2 Å². The Kier molecular flexibility index (Phi) is 8.44. The number of carbonyl (C=O) groups excluding carboxylic acids is 2. The summed E-state index contributed by atoms with van der Waals surface area (Å²) in [5, 5.41) is 2.62. The van der Waals surface area contributed by atoms with Gasteiger partial charge in [0.1, 0.15) is 12.6 Å². The number of hydrogen-bond donors (Lipinski definition) is 1. The molecule has 0 radical (unpaired) electrons. The quantitative estimate of drug-likeness (QED) is 0.625. The lowest BCUT2D eigenvalue weighted by Gasteiger charge is -2.33. The van der Waals surface area contributed by atoms with Crippen LogP contribution in [0.5, 0.6) is 0 Å². The predicted molar refractivity (Wildman–Crippen MR) is 128 cm³/mol. The molecular formula is C24H33N3O4S. The summed E-state index contributed by atoms with van der Waals surface area (Å²) in [5.41, 5.74) is 4.07. The number of sulfonamides is 1. The molecule has 0 aliphatic carbocycles. The first-order valence-electron chi connectivity index (χ1n) is 10.6. The zero-order valence-corrected chi connectivity index (χ0v) is 20.5. The molecule has 0 saturated heterocycles. The largest absolute Gasteiger partial charge is 0.357 e. The monoisotopic (exact) mass is 459 g/mol. The van der Waals surface area contributed by atoms with Gasteiger partial charge in [0.2, 0.25) is 21.8 Å². The van der Waals surface area contributed by atoms with Crippen molar-refractivity contribution in [1.29, 1.82) is 0 Å². The summed E-state index contributed by atoms with van der Waals surface area (Å²) in [6, 6.07) is 12.3. The van der Waals surface area contributed by atoms with Gasteiger partial charge in [0.15, 0.2) is 0 Å². The van der Waals surface area contributed by atoms with Crippen molar-refractivity contribution in [2.75, 3.05) is 24.2 Å². The molecule has 2 amide bonds. The lowest BCUT2D eigenvalue weighted by Crippen LogP contribution is -2.51. The number of aryl methyl sites for hydroxylation is 2. The maximum Gasteiger partial charge on any atom is 0.244 e. The summed E-state index contributed by atoms with van der Waals surface area (Å²) in [6.45, 7) is 7.32. The molecule has 174 valence electrons. The van der Waals surface area contributed by atoms with Crippen molar-refractivity contribution < 1.29 is 18.0 Å². The molecule has 1 atom stereocenters. The summed E-state index contributed by atoms with van der Waals surface area (Å²) in [7, 11) is -2.21. The maximum atomic E-state index is 13.5. The Morgan fingerprint density at radius 1 is 1.00 bits per heavy atom. The smallest absolute Gasteiger partial charge is 0.244 e. The van der Waals surface area contributed by atoms with Gasteiger partial charge in [0.05, 0.1) is 11.9 Å². The number of nitrogens with one attached hydrogen (secondary N) is 1. The summed E-state index contributed by atoms with van der Waals surface area (Å²) < 4.78 is 26.5. The van der Waals surface area contributed by atoms with Gasteiger partial charge in [-0.25, -0.2) is 8.42 Å². The molecule has 0 aliphatic heterocycles. The van der Waals surface area contributed by atoms with Crippen molar-refractivity contribution >= 4 is 27.5 Å². The lowest BCUT2D eigenvalue weighted by molar-refractivity contribution is -0.140. The molecule has 1 unspecified atom stereocenters. The van der Waals surface area contributed by atoms with Crippen LogP contribution in [0.2, 0.25) is 0 Å². The van der Waals surface area contributed by atoms with E-state index in [1.165, 1.54) is 11.9 Å². The molecule has 0 aliphatic rings. The van der Waals surface area contributed by atoms with Gasteiger partial charge >= 0.3 is 0 Å². The van der Waals surface area contributed by atoms with E-state index in [0.29, 0.717) is 12.1 Å². The summed E-state index contributed by atoms with van der Waals surface area (Å²) in [6.07, 6.45) is 1.49. The van der Waals surface area contributed by atoms with E-state index in [0.717, 1.165) is 32.8 Å². The van der Waals surface area contributed by atoms with Crippen LogP contribution in [-0.2, 0) is 26.2 Å². The lowest BCUT2D eigenvalue weighted by atomic mass is 10.1. The van der Waals surface area contributed by atoms with E-state index >= 15 is 0 Å². The van der Waals surface area contributed by atoms with Crippen molar-refractivity contribution in [2.24, 2.45) is 0 Å². The van der Waals surface area contributed by atoms with Gasteiger partial charge in [-0.3, -0.25) is 13.9 Å². The van der Waals surface area contributed by atoms with E-state index in [-0.39, 0.29) is 19.0 Å². The fourth-order valence-electron chi connectivity index (χ4n) is 3.66. The Balaban J connectivity index is 2.49. The fourth-order valence-corrected chi connectivity index (χ4v) is 4.56. The molecule has 8 heteroatoms. The normalized spacial score (nSPS) is 12.2. The second kappa shape index (κ2) is 10.6. The first-order valence-corrected chi connectivity index (χ1v) is 12.5. The SMILES string of the molecule is CCC(C(=O)NC)N(Cc1ccccc1C)C(=O)CN(c1cccc(C)c1C)S(C)(=O)=O. The van der Waals surface area contributed by atoms with Gasteiger partial charge in [0.25, 0.3) is 0 Å². The fraction of sp³-hybridized carbons (Fsp3) is 0.417. The molecule has 0 heterocycles. The summed E-state index contributed by atoms with van der Waals surface area (Å²) in [5.74, 6) is -0.720. The number of anilines is 1. The maximum absolute atomic E-state index is 13.5. The Hall–Kier alpha value is -2.87. The number of amides is 2. The van der Waals surface area contributed by atoms with Gasteiger partial charge in [-0.2, -0.15) is 0 Å². The molecule has 2 aromatic carbocycles. The van der Waals surface area contributed by atoms with Crippen molar-refractivity contribution in [2.45, 2.75) is 46.7 Å². The minimum Gasteiger partial charge on any atom is -0.357 e. The molecule has 0 fully saturated rings. The number of rotatable bonds is 9. The van der Waals surface area contributed by atoms with Crippen LogP contribution in [0.4, 0.5) is 5.69 Å². The molecule has 2 aromatic rings. The molecule has 7 nitrogen and oxygen atoms in total. The standard InChI is InChI=1S/C24H33N3O4S/c1-7-21(24(29)25-5)26(15-20-13-9-8-11-18(20)3)23(28)16-27(32(6,30)31)22-14-10-12-17(2)19(22)4/h8-14,21H,7,15-16H2,1-6H3,(H,25,29). The molecule has 0 saturated carbocycles. The summed E-state index contributed by atoms with van der Waals surface area (Å²) >= 11 is 0. The van der Waals surface area contributed by atoms with Crippen LogP contribution in [0.15, 0.2) is 42.5 Å². The Bertz CT molecular complexity index is 1080. The Morgan fingerprint density at radius 3 is 2.19 bits per heavy atom. The first kappa shape index (κ1) is 25.4. The van der Waals surface area contributed by atoms with Crippen LogP contribution in [0.1, 0.15) is 35.6 Å². The third kappa shape index (κ3) is 5.88.